The molecule has 0 spiro atoms. The largest absolute Gasteiger partial charge is 0.417 e. The van der Waals surface area contributed by atoms with Gasteiger partial charge in [-0.05, 0) is 36.8 Å². The first-order chi connectivity index (χ1) is 13.2. The molecule has 0 bridgehead atoms. The number of hydrogen-bond donors (Lipinski definition) is 0. The Morgan fingerprint density at radius 3 is 2.07 bits per heavy atom. The molecular weight excluding hydrogens is 448 g/mol. The van der Waals surface area contributed by atoms with E-state index in [0.29, 0.717) is 6.07 Å². The molecule has 0 saturated carbocycles. The van der Waals surface area contributed by atoms with E-state index in [1.807, 2.05) is 0 Å². The lowest BCUT2D eigenvalue weighted by Gasteiger charge is -2.18. The summed E-state index contributed by atoms with van der Waals surface area (Å²) in [7, 11) is 0. The second-order valence-electron chi connectivity index (χ2n) is 6.02. The van der Waals surface area contributed by atoms with E-state index in [2.05, 4.69) is 0 Å². The lowest BCUT2D eigenvalue weighted by molar-refractivity contribution is -0.140. The molecule has 0 amide bonds. The van der Waals surface area contributed by atoms with Crippen molar-refractivity contribution in [1.29, 1.82) is 0 Å². The van der Waals surface area contributed by atoms with Gasteiger partial charge in [-0.3, -0.25) is 4.79 Å². The second kappa shape index (κ2) is 8.36. The lowest BCUT2D eigenvalue weighted by atomic mass is 9.95. The highest BCUT2D eigenvalue weighted by Gasteiger charge is 2.40. The number of hydrogen-bond acceptors (Lipinski definition) is 1. The fourth-order valence-electron chi connectivity index (χ4n) is 2.56. The van der Waals surface area contributed by atoms with Crippen molar-refractivity contribution in [3.8, 4) is 0 Å². The quantitative estimate of drug-likeness (QED) is 0.336. The smallest absolute Gasteiger partial charge is 0.294 e. The number of ketones is 1. The van der Waals surface area contributed by atoms with Gasteiger partial charge >= 0.3 is 12.4 Å². The van der Waals surface area contributed by atoms with Gasteiger partial charge in [0.25, 0.3) is 0 Å². The molecular formula is C19H11Cl2F7O. The maximum Gasteiger partial charge on any atom is 0.417 e. The summed E-state index contributed by atoms with van der Waals surface area (Å²) >= 11 is 11.4. The Balaban J connectivity index is 2.58. The number of Topliss-reactive ketones (excluding diaryl/α,β-unsaturated/α-hetero) is 1. The average Bonchev–Trinajstić information content (AvgIpc) is 2.59. The Morgan fingerprint density at radius 1 is 0.966 bits per heavy atom. The molecule has 1 nitrogen and oxygen atoms in total. The molecule has 10 heteroatoms. The van der Waals surface area contributed by atoms with Crippen LogP contribution in [0.1, 0.15) is 39.9 Å². The van der Waals surface area contributed by atoms with Crippen LogP contribution in [-0.2, 0) is 6.18 Å². The highest BCUT2D eigenvalue weighted by Crippen LogP contribution is 2.41. The van der Waals surface area contributed by atoms with Crippen LogP contribution in [-0.4, -0.2) is 12.0 Å². The van der Waals surface area contributed by atoms with Crippen molar-refractivity contribution in [2.45, 2.75) is 25.2 Å². The minimum atomic E-state index is -5.00. The molecule has 29 heavy (non-hydrogen) atoms. The molecule has 0 aromatic heterocycles. The average molecular weight is 459 g/mol. The molecule has 0 radical (unpaired) electrons. The van der Waals surface area contributed by atoms with Crippen molar-refractivity contribution in [2.75, 3.05) is 0 Å². The van der Waals surface area contributed by atoms with Gasteiger partial charge in [-0.25, -0.2) is 4.39 Å². The van der Waals surface area contributed by atoms with Crippen molar-refractivity contribution in [3.05, 3.63) is 74.8 Å². The zero-order valence-electron chi connectivity index (χ0n) is 14.4. The molecule has 0 N–H and O–H groups in total. The van der Waals surface area contributed by atoms with E-state index in [-0.39, 0.29) is 16.1 Å². The normalized spacial score (nSPS) is 14.1. The van der Waals surface area contributed by atoms with E-state index in [4.69, 9.17) is 23.2 Å². The van der Waals surface area contributed by atoms with Crippen molar-refractivity contribution in [3.63, 3.8) is 0 Å². The van der Waals surface area contributed by atoms with E-state index in [0.717, 1.165) is 37.3 Å². The van der Waals surface area contributed by atoms with Crippen molar-refractivity contribution in [2.24, 2.45) is 0 Å². The van der Waals surface area contributed by atoms with Gasteiger partial charge in [-0.2, -0.15) is 26.3 Å². The molecule has 156 valence electrons. The summed E-state index contributed by atoms with van der Waals surface area (Å²) < 4.78 is 94.3. The molecule has 0 aliphatic rings. The fraction of sp³-hybridized carbons (Fsp3) is 0.211. The van der Waals surface area contributed by atoms with Gasteiger partial charge in [0.2, 0.25) is 0 Å². The van der Waals surface area contributed by atoms with E-state index in [9.17, 15) is 35.5 Å². The molecule has 1 atom stereocenters. The van der Waals surface area contributed by atoms with Gasteiger partial charge in [0.1, 0.15) is 11.7 Å². The monoisotopic (exact) mass is 458 g/mol. The Bertz CT molecular complexity index is 962. The molecule has 1 unspecified atom stereocenters. The third-order valence-electron chi connectivity index (χ3n) is 3.95. The van der Waals surface area contributed by atoms with Gasteiger partial charge in [-0.15, -0.1) is 0 Å². The number of carbonyl (C=O) groups excluding carboxylic acids is 1. The van der Waals surface area contributed by atoms with Crippen LogP contribution in [0.5, 0.6) is 0 Å². The van der Waals surface area contributed by atoms with Crippen LogP contribution >= 0.6 is 23.2 Å². The number of carbonyl (C=O) groups is 1. The number of alkyl halides is 6. The predicted molar refractivity (Wildman–Crippen MR) is 95.8 cm³/mol. The molecule has 2 aromatic carbocycles. The number of allylic oxidation sites excluding steroid dienone is 1. The first-order valence-corrected chi connectivity index (χ1v) is 8.59. The van der Waals surface area contributed by atoms with Gasteiger partial charge in [-0.1, -0.05) is 41.4 Å². The highest BCUT2D eigenvalue weighted by atomic mass is 35.5. The zero-order chi connectivity index (χ0) is 22.1. The first-order valence-electron chi connectivity index (χ1n) is 7.83. The zero-order valence-corrected chi connectivity index (χ0v) is 15.9. The summed E-state index contributed by atoms with van der Waals surface area (Å²) in [6.07, 6.45) is -9.81. The Morgan fingerprint density at radius 2 is 1.59 bits per heavy atom. The van der Waals surface area contributed by atoms with Crippen LogP contribution in [0.15, 0.2) is 42.5 Å². The van der Waals surface area contributed by atoms with Crippen LogP contribution in [0.2, 0.25) is 10.0 Å². The van der Waals surface area contributed by atoms with E-state index >= 15 is 0 Å². The van der Waals surface area contributed by atoms with Crippen LogP contribution in [0.3, 0.4) is 0 Å². The molecule has 0 aliphatic carbocycles. The standard InChI is InChI=1S/C19H11Cl2F7O/c1-9(29)12-4-2-11(6-14(12)19(26,27)28)17(22)8-13(18(23,24)25)10-3-5-15(20)16(21)7-10/h2-8,13H,1H3/b17-8-. The minimum absolute atomic E-state index is 0.0181. The van der Waals surface area contributed by atoms with Crippen molar-refractivity contribution >= 4 is 34.8 Å². The van der Waals surface area contributed by atoms with Gasteiger partial charge in [0.15, 0.2) is 5.78 Å². The molecule has 0 fully saturated rings. The lowest BCUT2D eigenvalue weighted by Crippen LogP contribution is -2.19. The Hall–Kier alpha value is -2.06. The molecule has 2 aromatic rings. The van der Waals surface area contributed by atoms with Gasteiger partial charge in [0, 0.05) is 11.1 Å². The van der Waals surface area contributed by atoms with Gasteiger partial charge < -0.3 is 0 Å². The topological polar surface area (TPSA) is 17.1 Å². The number of halogens is 9. The first kappa shape index (κ1) is 23.2. The Kier molecular flexibility index (Phi) is 6.69. The minimum Gasteiger partial charge on any atom is -0.294 e. The molecule has 2 rings (SSSR count). The van der Waals surface area contributed by atoms with Crippen LogP contribution < -0.4 is 0 Å². The number of rotatable bonds is 4. The van der Waals surface area contributed by atoms with E-state index in [1.165, 1.54) is 0 Å². The van der Waals surface area contributed by atoms with Crippen LogP contribution in [0.25, 0.3) is 5.83 Å². The summed E-state index contributed by atoms with van der Waals surface area (Å²) in [6.45, 7) is 0.889. The maximum atomic E-state index is 14.5. The fourth-order valence-corrected chi connectivity index (χ4v) is 2.87. The summed E-state index contributed by atoms with van der Waals surface area (Å²) in [5.41, 5.74) is -3.36. The van der Waals surface area contributed by atoms with E-state index in [1.54, 1.807) is 0 Å². The maximum absolute atomic E-state index is 14.5. The van der Waals surface area contributed by atoms with E-state index < -0.39 is 52.1 Å². The highest BCUT2D eigenvalue weighted by molar-refractivity contribution is 6.42. The second-order valence-corrected chi connectivity index (χ2v) is 6.84. The summed E-state index contributed by atoms with van der Waals surface area (Å²) in [6, 6.07) is 4.79. The Labute approximate surface area is 170 Å². The summed E-state index contributed by atoms with van der Waals surface area (Å²) in [5, 5.41) is -0.215. The predicted octanol–water partition coefficient (Wildman–Crippen LogP) is 7.87. The summed E-state index contributed by atoms with van der Waals surface area (Å²) in [5.74, 6) is -4.95. The molecule has 0 saturated heterocycles. The third kappa shape index (κ3) is 5.51. The summed E-state index contributed by atoms with van der Waals surface area (Å²) in [4.78, 5) is 11.4. The van der Waals surface area contributed by atoms with Crippen LogP contribution in [0, 0.1) is 0 Å². The number of benzene rings is 2. The third-order valence-corrected chi connectivity index (χ3v) is 4.69. The van der Waals surface area contributed by atoms with Crippen molar-refractivity contribution in [1.82, 2.24) is 0 Å². The van der Waals surface area contributed by atoms with Crippen molar-refractivity contribution < 1.29 is 35.5 Å². The molecule has 0 heterocycles. The molecule has 0 aliphatic heterocycles. The van der Waals surface area contributed by atoms with Crippen LogP contribution in [0.4, 0.5) is 30.7 Å². The van der Waals surface area contributed by atoms with Gasteiger partial charge in [0.05, 0.1) is 15.6 Å². The SMILES string of the molecule is CC(=O)c1ccc(/C(F)=C/C(c2ccc(Cl)c(Cl)c2)C(F)(F)F)cc1C(F)(F)F.